The number of carboxylic acid groups (broad SMARTS) is 1. The van der Waals surface area contributed by atoms with E-state index in [1.165, 1.54) is 0 Å². The number of piperidine rings is 1. The first-order valence-electron chi connectivity index (χ1n) is 7.32. The van der Waals surface area contributed by atoms with Gasteiger partial charge in [0.15, 0.2) is 0 Å². The Morgan fingerprint density at radius 1 is 1.27 bits per heavy atom. The van der Waals surface area contributed by atoms with Crippen LogP contribution in [0.1, 0.15) is 29.8 Å². The van der Waals surface area contributed by atoms with Gasteiger partial charge in [0.1, 0.15) is 5.69 Å². The molecule has 0 unspecified atom stereocenters. The summed E-state index contributed by atoms with van der Waals surface area (Å²) in [4.78, 5) is 28.2. The van der Waals surface area contributed by atoms with Crippen LogP contribution < -0.4 is 0 Å². The minimum Gasteiger partial charge on any atom is -0.481 e. The molecule has 0 spiro atoms. The molecule has 1 amide bonds. The summed E-state index contributed by atoms with van der Waals surface area (Å²) in [7, 11) is 0. The van der Waals surface area contributed by atoms with Gasteiger partial charge in [-0.25, -0.2) is 0 Å². The van der Waals surface area contributed by atoms with E-state index in [-0.39, 0.29) is 18.2 Å². The number of nitrogens with one attached hydrogen (secondary N) is 1. The molecule has 116 valence electrons. The quantitative estimate of drug-likeness (QED) is 0.912. The summed E-state index contributed by atoms with van der Waals surface area (Å²) < 4.78 is 0. The molecule has 0 aliphatic carbocycles. The van der Waals surface area contributed by atoms with Gasteiger partial charge in [-0.3, -0.25) is 9.59 Å². The molecule has 2 heterocycles. The van der Waals surface area contributed by atoms with E-state index in [0.29, 0.717) is 23.8 Å². The van der Waals surface area contributed by atoms with Gasteiger partial charge in [0, 0.05) is 35.4 Å². The standard InChI is InChI=1S/C16H17ClN2O3/c17-12-2-1-11-8-14(18-13(11)9-12)16(22)19-5-3-10(4-6-19)7-15(20)21/h1-2,8-10,18H,3-7H2,(H,20,21). The Morgan fingerprint density at radius 3 is 2.68 bits per heavy atom. The second-order valence-corrected chi connectivity index (χ2v) is 6.18. The van der Waals surface area contributed by atoms with Crippen LogP contribution in [-0.2, 0) is 4.79 Å². The minimum absolute atomic E-state index is 0.0407. The van der Waals surface area contributed by atoms with E-state index < -0.39 is 5.97 Å². The van der Waals surface area contributed by atoms with Crippen molar-refractivity contribution in [3.05, 3.63) is 35.0 Å². The van der Waals surface area contributed by atoms with Crippen LogP contribution in [0, 0.1) is 5.92 Å². The third kappa shape index (κ3) is 3.09. The van der Waals surface area contributed by atoms with Crippen molar-refractivity contribution in [2.24, 2.45) is 5.92 Å². The zero-order valence-electron chi connectivity index (χ0n) is 12.0. The number of rotatable bonds is 3. The molecule has 2 aromatic rings. The highest BCUT2D eigenvalue weighted by Crippen LogP contribution is 2.24. The first-order chi connectivity index (χ1) is 10.5. The molecule has 0 saturated carbocycles. The fourth-order valence-electron chi connectivity index (χ4n) is 2.97. The molecular formula is C16H17ClN2O3. The number of amides is 1. The molecule has 0 bridgehead atoms. The molecule has 22 heavy (non-hydrogen) atoms. The number of carboxylic acids is 1. The van der Waals surface area contributed by atoms with E-state index >= 15 is 0 Å². The maximum atomic E-state index is 12.5. The van der Waals surface area contributed by atoms with Crippen molar-refractivity contribution in [1.29, 1.82) is 0 Å². The molecule has 2 N–H and O–H groups in total. The lowest BCUT2D eigenvalue weighted by molar-refractivity contribution is -0.138. The first kappa shape index (κ1) is 14.9. The highest BCUT2D eigenvalue weighted by molar-refractivity contribution is 6.31. The van der Waals surface area contributed by atoms with Gasteiger partial charge in [0.05, 0.1) is 0 Å². The van der Waals surface area contributed by atoms with Crippen LogP contribution in [0.25, 0.3) is 10.9 Å². The number of fused-ring (bicyclic) bond motifs is 1. The van der Waals surface area contributed by atoms with Crippen LogP contribution in [0.2, 0.25) is 5.02 Å². The molecule has 0 radical (unpaired) electrons. The van der Waals surface area contributed by atoms with Gasteiger partial charge in [-0.2, -0.15) is 0 Å². The molecule has 1 fully saturated rings. The second-order valence-electron chi connectivity index (χ2n) is 5.75. The van der Waals surface area contributed by atoms with Gasteiger partial charge in [-0.05, 0) is 37.0 Å². The summed E-state index contributed by atoms with van der Waals surface area (Å²) >= 11 is 5.95. The zero-order valence-corrected chi connectivity index (χ0v) is 12.8. The number of benzene rings is 1. The molecule has 1 aromatic carbocycles. The zero-order chi connectivity index (χ0) is 15.7. The van der Waals surface area contributed by atoms with Crippen molar-refractivity contribution in [3.8, 4) is 0 Å². The number of hydrogen-bond donors (Lipinski definition) is 2. The maximum absolute atomic E-state index is 12.5. The smallest absolute Gasteiger partial charge is 0.303 e. The monoisotopic (exact) mass is 320 g/mol. The first-order valence-corrected chi connectivity index (χ1v) is 7.70. The summed E-state index contributed by atoms with van der Waals surface area (Å²) in [6, 6.07) is 7.30. The highest BCUT2D eigenvalue weighted by atomic mass is 35.5. The predicted molar refractivity (Wildman–Crippen MR) is 84.2 cm³/mol. The third-order valence-corrected chi connectivity index (χ3v) is 4.42. The number of aromatic nitrogens is 1. The predicted octanol–water partition coefficient (Wildman–Crippen LogP) is 3.15. The lowest BCUT2D eigenvalue weighted by Crippen LogP contribution is -2.39. The number of aliphatic carboxylic acids is 1. The second kappa shape index (κ2) is 6.01. The Labute approximate surface area is 132 Å². The summed E-state index contributed by atoms with van der Waals surface area (Å²) in [5, 5.41) is 10.4. The average Bonchev–Trinajstić information content (AvgIpc) is 2.89. The summed E-state index contributed by atoms with van der Waals surface area (Å²) in [5.41, 5.74) is 1.39. The molecular weight excluding hydrogens is 304 g/mol. The van der Waals surface area contributed by atoms with Gasteiger partial charge in [0.2, 0.25) is 0 Å². The van der Waals surface area contributed by atoms with Crippen LogP contribution in [0.3, 0.4) is 0 Å². The van der Waals surface area contributed by atoms with Crippen molar-refractivity contribution in [2.75, 3.05) is 13.1 Å². The van der Waals surface area contributed by atoms with Crippen LogP contribution in [-0.4, -0.2) is 40.0 Å². The number of nitrogens with zero attached hydrogens (tertiary/aromatic N) is 1. The minimum atomic E-state index is -0.766. The molecule has 1 saturated heterocycles. The molecule has 5 nitrogen and oxygen atoms in total. The molecule has 0 atom stereocenters. The number of hydrogen-bond acceptors (Lipinski definition) is 2. The van der Waals surface area contributed by atoms with E-state index in [4.69, 9.17) is 16.7 Å². The van der Waals surface area contributed by atoms with Crippen LogP contribution in [0.4, 0.5) is 0 Å². The van der Waals surface area contributed by atoms with Gasteiger partial charge in [0.25, 0.3) is 5.91 Å². The molecule has 3 rings (SSSR count). The Balaban J connectivity index is 1.69. The van der Waals surface area contributed by atoms with E-state index in [1.54, 1.807) is 17.0 Å². The molecule has 1 aromatic heterocycles. The summed E-state index contributed by atoms with van der Waals surface area (Å²) in [5.74, 6) is -0.638. The SMILES string of the molecule is O=C(O)CC1CCN(C(=O)c2cc3ccc(Cl)cc3[nH]2)CC1. The van der Waals surface area contributed by atoms with Gasteiger partial charge < -0.3 is 15.0 Å². The van der Waals surface area contributed by atoms with Gasteiger partial charge >= 0.3 is 5.97 Å². The van der Waals surface area contributed by atoms with Gasteiger partial charge in [-0.1, -0.05) is 17.7 Å². The topological polar surface area (TPSA) is 73.4 Å². The van der Waals surface area contributed by atoms with Crippen molar-refractivity contribution in [3.63, 3.8) is 0 Å². The lowest BCUT2D eigenvalue weighted by Gasteiger charge is -2.31. The number of carbonyl (C=O) groups excluding carboxylic acids is 1. The Kier molecular flexibility index (Phi) is 4.07. The largest absolute Gasteiger partial charge is 0.481 e. The Hall–Kier alpha value is -2.01. The molecule has 6 heteroatoms. The van der Waals surface area contributed by atoms with Crippen LogP contribution in [0.5, 0.6) is 0 Å². The lowest BCUT2D eigenvalue weighted by atomic mass is 9.93. The number of likely N-dealkylation sites (tertiary alicyclic amines) is 1. The third-order valence-electron chi connectivity index (χ3n) is 4.18. The van der Waals surface area contributed by atoms with E-state index in [2.05, 4.69) is 4.98 Å². The van der Waals surface area contributed by atoms with E-state index in [0.717, 1.165) is 23.7 Å². The number of H-pyrrole nitrogens is 1. The number of carbonyl (C=O) groups is 2. The number of aromatic amines is 1. The fourth-order valence-corrected chi connectivity index (χ4v) is 3.14. The Bertz CT molecular complexity index is 717. The van der Waals surface area contributed by atoms with E-state index in [9.17, 15) is 9.59 Å². The van der Waals surface area contributed by atoms with E-state index in [1.807, 2.05) is 12.1 Å². The molecule has 1 aliphatic rings. The average molecular weight is 321 g/mol. The van der Waals surface area contributed by atoms with Crippen molar-refractivity contribution in [1.82, 2.24) is 9.88 Å². The Morgan fingerprint density at radius 2 is 2.00 bits per heavy atom. The molecule has 1 aliphatic heterocycles. The normalized spacial score (nSPS) is 16.1. The maximum Gasteiger partial charge on any atom is 0.303 e. The van der Waals surface area contributed by atoms with Crippen LogP contribution >= 0.6 is 11.6 Å². The summed E-state index contributed by atoms with van der Waals surface area (Å²) in [6.07, 6.45) is 1.67. The van der Waals surface area contributed by atoms with Crippen molar-refractivity contribution >= 4 is 34.4 Å². The summed E-state index contributed by atoms with van der Waals surface area (Å²) in [6.45, 7) is 1.21. The van der Waals surface area contributed by atoms with Crippen LogP contribution in [0.15, 0.2) is 24.3 Å². The van der Waals surface area contributed by atoms with Gasteiger partial charge in [-0.15, -0.1) is 0 Å². The number of halogens is 1. The van der Waals surface area contributed by atoms with Crippen molar-refractivity contribution in [2.45, 2.75) is 19.3 Å². The van der Waals surface area contributed by atoms with Crippen molar-refractivity contribution < 1.29 is 14.7 Å². The fraction of sp³-hybridized carbons (Fsp3) is 0.375. The highest BCUT2D eigenvalue weighted by Gasteiger charge is 2.25.